The van der Waals surface area contributed by atoms with E-state index in [1.807, 2.05) is 0 Å². The molecule has 2 aromatic heterocycles. The van der Waals surface area contributed by atoms with Gasteiger partial charge >= 0.3 is 0 Å². The second-order valence-electron chi connectivity index (χ2n) is 6.31. The number of aromatic nitrogens is 2. The molecule has 0 N–H and O–H groups in total. The largest absolute Gasteiger partial charge is 0.615 e. The summed E-state index contributed by atoms with van der Waals surface area (Å²) in [5.74, 6) is 1.07. The standard InChI is InChI=1S/C17H19ClN2O4S/c1-19-7-12(5-14(18)17(19)22)13-8-20(10-25(2)23)16(21)6-15(13)24-9-11-3-4-11/h5-8,11H,3-4,9-10H2,1-2H3. The lowest BCUT2D eigenvalue weighted by atomic mass is 10.1. The van der Waals surface area contributed by atoms with Gasteiger partial charge in [0.05, 0.1) is 12.9 Å². The van der Waals surface area contributed by atoms with Gasteiger partial charge in [0.1, 0.15) is 10.8 Å². The number of hydrogen-bond acceptors (Lipinski definition) is 4. The zero-order chi connectivity index (χ0) is 18.1. The number of ether oxygens (including phenoxy) is 1. The van der Waals surface area contributed by atoms with Crippen molar-refractivity contribution in [1.82, 2.24) is 9.13 Å². The minimum Gasteiger partial charge on any atom is -0.615 e. The van der Waals surface area contributed by atoms with E-state index in [4.69, 9.17) is 16.3 Å². The number of nitrogens with zero attached hydrogens (tertiary/aromatic N) is 2. The second-order valence-corrected chi connectivity index (χ2v) is 8.12. The predicted molar refractivity (Wildman–Crippen MR) is 98.7 cm³/mol. The summed E-state index contributed by atoms with van der Waals surface area (Å²) in [7, 11) is 1.61. The number of aryl methyl sites for hydroxylation is 1. The van der Waals surface area contributed by atoms with Gasteiger partial charge in [0.15, 0.2) is 5.88 Å². The number of pyridine rings is 2. The minimum atomic E-state index is -1.17. The van der Waals surface area contributed by atoms with Crippen LogP contribution in [0.25, 0.3) is 11.1 Å². The van der Waals surface area contributed by atoms with Crippen LogP contribution < -0.4 is 15.9 Å². The molecule has 0 bridgehead atoms. The molecule has 0 radical (unpaired) electrons. The Labute approximate surface area is 153 Å². The lowest BCUT2D eigenvalue weighted by Crippen LogP contribution is -2.24. The van der Waals surface area contributed by atoms with Gasteiger partial charge < -0.3 is 13.9 Å². The van der Waals surface area contributed by atoms with Crippen LogP contribution >= 0.6 is 11.6 Å². The van der Waals surface area contributed by atoms with Crippen molar-refractivity contribution < 1.29 is 9.29 Å². The summed E-state index contributed by atoms with van der Waals surface area (Å²) in [6.45, 7) is 0.551. The highest BCUT2D eigenvalue weighted by Crippen LogP contribution is 2.33. The summed E-state index contributed by atoms with van der Waals surface area (Å²) >= 11 is 4.85. The van der Waals surface area contributed by atoms with Crippen LogP contribution in [-0.4, -0.2) is 26.5 Å². The molecule has 1 atom stereocenters. The topological polar surface area (TPSA) is 76.3 Å². The molecule has 134 valence electrons. The summed E-state index contributed by atoms with van der Waals surface area (Å²) < 4.78 is 20.1. The highest BCUT2D eigenvalue weighted by molar-refractivity contribution is 7.89. The Bertz CT molecular complexity index is 876. The Kier molecular flexibility index (Phi) is 5.27. The van der Waals surface area contributed by atoms with Crippen molar-refractivity contribution in [2.45, 2.75) is 18.7 Å². The molecule has 1 fully saturated rings. The molecule has 0 amide bonds. The van der Waals surface area contributed by atoms with Gasteiger partial charge in [-0.2, -0.15) is 0 Å². The van der Waals surface area contributed by atoms with Crippen LogP contribution in [-0.2, 0) is 24.1 Å². The van der Waals surface area contributed by atoms with E-state index in [1.54, 1.807) is 25.5 Å². The molecule has 1 aliphatic rings. The zero-order valence-corrected chi connectivity index (χ0v) is 15.6. The van der Waals surface area contributed by atoms with Crippen LogP contribution in [0.4, 0.5) is 0 Å². The van der Waals surface area contributed by atoms with Crippen LogP contribution in [0.2, 0.25) is 5.02 Å². The van der Waals surface area contributed by atoms with Crippen LogP contribution in [0, 0.1) is 5.92 Å². The van der Waals surface area contributed by atoms with Gasteiger partial charge in [-0.05, 0) is 36.0 Å². The first-order chi connectivity index (χ1) is 11.8. The SMILES string of the molecule is Cn1cc(-c2cn(C[S+](C)[O-])c(=O)cc2OCC2CC2)cc(Cl)c1=O. The molecule has 8 heteroatoms. The summed E-state index contributed by atoms with van der Waals surface area (Å²) in [6.07, 6.45) is 7.06. The lowest BCUT2D eigenvalue weighted by Gasteiger charge is -2.15. The molecular formula is C17H19ClN2O4S. The molecule has 2 aromatic rings. The van der Waals surface area contributed by atoms with E-state index in [-0.39, 0.29) is 22.0 Å². The first kappa shape index (κ1) is 18.1. The van der Waals surface area contributed by atoms with E-state index in [2.05, 4.69) is 0 Å². The van der Waals surface area contributed by atoms with E-state index >= 15 is 0 Å². The van der Waals surface area contributed by atoms with Gasteiger partial charge in [-0.25, -0.2) is 0 Å². The molecule has 3 rings (SSSR count). The Hall–Kier alpha value is -1.70. The van der Waals surface area contributed by atoms with Gasteiger partial charge in [0, 0.05) is 36.6 Å². The third kappa shape index (κ3) is 4.29. The summed E-state index contributed by atoms with van der Waals surface area (Å²) in [4.78, 5) is 24.1. The number of rotatable bonds is 6. The molecule has 0 aliphatic heterocycles. The molecule has 6 nitrogen and oxygen atoms in total. The van der Waals surface area contributed by atoms with Gasteiger partial charge in [-0.15, -0.1) is 0 Å². The van der Waals surface area contributed by atoms with E-state index in [1.165, 1.54) is 21.5 Å². The summed E-state index contributed by atoms with van der Waals surface area (Å²) in [5, 5.41) is 0.0879. The molecule has 1 aliphatic carbocycles. The summed E-state index contributed by atoms with van der Waals surface area (Å²) in [6, 6.07) is 2.96. The van der Waals surface area contributed by atoms with Crippen molar-refractivity contribution >= 4 is 22.8 Å². The molecule has 2 heterocycles. The third-order valence-corrected chi connectivity index (χ3v) is 4.94. The van der Waals surface area contributed by atoms with Crippen molar-refractivity contribution in [3.05, 3.63) is 50.3 Å². The highest BCUT2D eigenvalue weighted by Gasteiger charge is 2.23. The smallest absolute Gasteiger partial charge is 0.269 e. The van der Waals surface area contributed by atoms with Crippen LogP contribution in [0.1, 0.15) is 12.8 Å². The van der Waals surface area contributed by atoms with Gasteiger partial charge in [0.2, 0.25) is 0 Å². The zero-order valence-electron chi connectivity index (χ0n) is 14.0. The fourth-order valence-corrected chi connectivity index (χ4v) is 3.34. The Balaban J connectivity index is 2.09. The fraction of sp³-hybridized carbons (Fsp3) is 0.412. The summed E-state index contributed by atoms with van der Waals surface area (Å²) in [5.41, 5.74) is 0.728. The Morgan fingerprint density at radius 2 is 2.04 bits per heavy atom. The van der Waals surface area contributed by atoms with Crippen molar-refractivity contribution in [2.24, 2.45) is 13.0 Å². The van der Waals surface area contributed by atoms with E-state index in [0.717, 1.165) is 12.8 Å². The molecule has 0 spiro atoms. The van der Waals surface area contributed by atoms with Gasteiger partial charge in [-0.1, -0.05) is 11.6 Å². The second kappa shape index (κ2) is 7.27. The quantitative estimate of drug-likeness (QED) is 0.716. The van der Waals surface area contributed by atoms with Crippen molar-refractivity contribution in [1.29, 1.82) is 0 Å². The van der Waals surface area contributed by atoms with E-state index < -0.39 is 11.2 Å². The average molecular weight is 383 g/mol. The molecule has 1 unspecified atom stereocenters. The predicted octanol–water partition coefficient (Wildman–Crippen LogP) is 1.99. The molecule has 0 saturated heterocycles. The first-order valence-electron chi connectivity index (χ1n) is 7.89. The third-order valence-electron chi connectivity index (χ3n) is 4.03. The molecule has 1 saturated carbocycles. The van der Waals surface area contributed by atoms with Crippen molar-refractivity contribution in [2.75, 3.05) is 12.9 Å². The monoisotopic (exact) mass is 382 g/mol. The van der Waals surface area contributed by atoms with Gasteiger partial charge in [0.25, 0.3) is 11.1 Å². The van der Waals surface area contributed by atoms with Crippen molar-refractivity contribution in [3.8, 4) is 16.9 Å². The maximum atomic E-state index is 12.3. The fourth-order valence-electron chi connectivity index (χ4n) is 2.50. The lowest BCUT2D eigenvalue weighted by molar-refractivity contribution is 0.300. The van der Waals surface area contributed by atoms with Crippen LogP contribution in [0.15, 0.2) is 34.1 Å². The normalized spacial score (nSPS) is 15.2. The molecular weight excluding hydrogens is 364 g/mol. The number of halogens is 1. The number of hydrogen-bond donors (Lipinski definition) is 0. The van der Waals surface area contributed by atoms with Gasteiger partial charge in [-0.3, -0.25) is 14.2 Å². The minimum absolute atomic E-state index is 0.0879. The Morgan fingerprint density at radius 1 is 1.32 bits per heavy atom. The maximum absolute atomic E-state index is 12.3. The van der Waals surface area contributed by atoms with E-state index in [0.29, 0.717) is 29.4 Å². The average Bonchev–Trinajstić information content (AvgIpc) is 3.36. The molecule has 25 heavy (non-hydrogen) atoms. The maximum Gasteiger partial charge on any atom is 0.269 e. The van der Waals surface area contributed by atoms with E-state index in [9.17, 15) is 14.1 Å². The molecule has 0 aromatic carbocycles. The van der Waals surface area contributed by atoms with Crippen molar-refractivity contribution in [3.63, 3.8) is 0 Å². The Morgan fingerprint density at radius 3 is 2.64 bits per heavy atom. The first-order valence-corrected chi connectivity index (χ1v) is 9.99. The highest BCUT2D eigenvalue weighted by atomic mass is 35.5. The van der Waals surface area contributed by atoms with Crippen LogP contribution in [0.5, 0.6) is 5.75 Å². The van der Waals surface area contributed by atoms with Crippen LogP contribution in [0.3, 0.4) is 0 Å².